The molecule has 0 spiro atoms. The third-order valence-corrected chi connectivity index (χ3v) is 19.0. The number of unbranched alkanes of at least 4 members (excludes halogenated alkanes) is 1. The number of aliphatic hydroxyl groups is 2. The smallest absolute Gasteiger partial charge is 0.549 e. The number of aromatic amines is 1. The van der Waals surface area contributed by atoms with Crippen molar-refractivity contribution >= 4 is 104 Å². The fourth-order valence-corrected chi connectivity index (χ4v) is 13.4. The van der Waals surface area contributed by atoms with Gasteiger partial charge in [-0.15, -0.1) is 0 Å². The van der Waals surface area contributed by atoms with Gasteiger partial charge in [0.25, 0.3) is 0 Å². The predicted molar refractivity (Wildman–Crippen MR) is 362 cm³/mol. The van der Waals surface area contributed by atoms with Crippen molar-refractivity contribution in [2.45, 2.75) is 113 Å². The number of phenols is 1. The number of para-hydroxylation sites is 1. The van der Waals surface area contributed by atoms with Crippen LogP contribution in [0.15, 0.2) is 85.1 Å². The van der Waals surface area contributed by atoms with Crippen LogP contribution in [0.2, 0.25) is 0 Å². The van der Waals surface area contributed by atoms with Crippen LogP contribution in [0.25, 0.3) is 10.9 Å². The van der Waals surface area contributed by atoms with E-state index in [-0.39, 0.29) is 114 Å². The van der Waals surface area contributed by atoms with Crippen LogP contribution in [0.4, 0.5) is 0 Å². The molecule has 3 aromatic carbocycles. The number of hydrogen-bond acceptors (Lipinski definition) is 24. The van der Waals surface area contributed by atoms with Gasteiger partial charge < -0.3 is 98.6 Å². The molecule has 555 valence electrons. The van der Waals surface area contributed by atoms with E-state index < -0.39 is 169 Å². The Balaban J connectivity index is 0.0000184. The van der Waals surface area contributed by atoms with Gasteiger partial charge in [0.15, 0.2) is 6.04 Å². The van der Waals surface area contributed by atoms with Crippen LogP contribution in [0.5, 0.6) is 5.75 Å². The van der Waals surface area contributed by atoms with E-state index in [1.807, 2.05) is 0 Å². The van der Waals surface area contributed by atoms with Crippen LogP contribution in [-0.2, 0) is 93.9 Å². The number of carbonyl (C=O) groups is 12. The molecule has 36 heteroatoms. The molecule has 1 radical (unpaired) electrons. The van der Waals surface area contributed by atoms with E-state index >= 15 is 14.4 Å². The first kappa shape index (κ1) is 83.2. The molecule has 33 nitrogen and oxygen atoms in total. The zero-order chi connectivity index (χ0) is 73.0. The van der Waals surface area contributed by atoms with Crippen molar-refractivity contribution in [3.8, 4) is 5.75 Å². The second-order valence-electron chi connectivity index (χ2n) is 24.4. The number of aromatic nitrogens is 1. The quantitative estimate of drug-likeness (QED) is 0.0158. The number of nitrogens with two attached hydrogens (primary N) is 1. The standard InChI is InChI=1S/C65H90N14O19S2.Cu/c1-38(80)56-64(96)73-51(63(95)75-57(39(2)81)65(97)98)37-100-99-36-50(72-59(91)47(28-40-10-4-3-5-11-40)68-52(83)32-76-20-22-77(33-53(84)85)24-26-79(35-55(88)89)27-25-78(23-21-76)34-54(86)87)62(94)70-48(29-41-15-17-43(82)18-16-41)60(92)71-49(30-42-31-67-45-13-7-6-12-44(42)45)61(93)69-46(58(90)74-56)14-8-9-19-66;/h3-7,10-13,15-18,31,38-39,46-51,56-57,67,80-82H,8-9,14,19-30,32-37,66H2,1-2H3,(H,68,83)(H,69,93)(H,70,94)(H,71,92)(H,72,91)(H,73,96)(H,74,90)(H,75,95)(H,84,85)(H,86,87)(H,88,89)(H,97,98);/q;+2/p-2. The molecule has 10 atom stereocenters. The first-order valence-corrected chi connectivity index (χ1v) is 35.0. The minimum atomic E-state index is -1.91. The van der Waals surface area contributed by atoms with Crippen LogP contribution >= 0.6 is 21.6 Å². The van der Waals surface area contributed by atoms with E-state index in [0.717, 1.165) is 35.4 Å². The molecule has 0 saturated carbocycles. The average Bonchev–Trinajstić information content (AvgIpc) is 1.75. The van der Waals surface area contributed by atoms with Gasteiger partial charge in [0.1, 0.15) is 48.0 Å². The molecule has 10 unspecified atom stereocenters. The largest absolute Gasteiger partial charge is 2.00 e. The van der Waals surface area contributed by atoms with Gasteiger partial charge in [0.05, 0.1) is 37.2 Å². The Morgan fingerprint density at radius 1 is 0.614 bits per heavy atom. The number of carboxylic acid groups (broad SMARTS) is 4. The van der Waals surface area contributed by atoms with Crippen molar-refractivity contribution in [3.05, 3.63) is 102 Å². The zero-order valence-electron chi connectivity index (χ0n) is 55.6. The molecule has 8 amide bonds. The number of carboxylic acids is 4. The maximum absolute atomic E-state index is 15.3. The minimum absolute atomic E-state index is 0. The Morgan fingerprint density at radius 2 is 1.15 bits per heavy atom. The summed E-state index contributed by atoms with van der Waals surface area (Å²) in [5.41, 5.74) is 7.94. The third kappa shape index (κ3) is 28.1. The summed E-state index contributed by atoms with van der Waals surface area (Å²) in [6, 6.07) is 7.81. The Bertz CT molecular complexity index is 3420. The number of phenolic OH excluding ortho intramolecular Hbond substituents is 1. The van der Waals surface area contributed by atoms with Gasteiger partial charge in [0, 0.05) is 113 Å². The summed E-state index contributed by atoms with van der Waals surface area (Å²) in [5, 5.41) is 96.5. The molecule has 4 aromatic rings. The molecule has 3 heterocycles. The third-order valence-electron chi connectivity index (χ3n) is 16.5. The summed E-state index contributed by atoms with van der Waals surface area (Å²) in [6.07, 6.45) is -1.96. The molecule has 6 rings (SSSR count). The number of carbonyl (C=O) groups excluding carboxylic acids is 10. The molecular formula is C65H88CuN14O19S2. The van der Waals surface area contributed by atoms with Crippen molar-refractivity contribution in [3.63, 3.8) is 0 Å². The molecular weight excluding hydrogens is 1410 g/mol. The maximum atomic E-state index is 15.3. The molecule has 16 N–H and O–H groups in total. The minimum Gasteiger partial charge on any atom is -0.549 e. The number of aliphatic carboxylic acids is 4. The summed E-state index contributed by atoms with van der Waals surface area (Å²) in [6.45, 7) is 0.689. The normalized spacial score (nSPS) is 21.7. The van der Waals surface area contributed by atoms with Crippen molar-refractivity contribution in [1.82, 2.24) is 67.1 Å². The van der Waals surface area contributed by atoms with Crippen molar-refractivity contribution in [2.24, 2.45) is 5.73 Å². The average molecular weight is 1500 g/mol. The van der Waals surface area contributed by atoms with Gasteiger partial charge in [0.2, 0.25) is 47.3 Å². The number of amides is 8. The van der Waals surface area contributed by atoms with Gasteiger partial charge in [-0.1, -0.05) is 82.3 Å². The van der Waals surface area contributed by atoms with Gasteiger partial charge >= 0.3 is 29.0 Å². The van der Waals surface area contributed by atoms with Crippen molar-refractivity contribution in [1.29, 1.82) is 0 Å². The van der Waals surface area contributed by atoms with Crippen LogP contribution in [0.3, 0.4) is 0 Å². The van der Waals surface area contributed by atoms with E-state index in [1.54, 1.807) is 65.7 Å². The number of aromatic hydroxyl groups is 1. The first-order valence-electron chi connectivity index (χ1n) is 32.5. The summed E-state index contributed by atoms with van der Waals surface area (Å²) < 4.78 is 0. The first-order chi connectivity index (χ1) is 47.7. The predicted octanol–water partition coefficient (Wildman–Crippen LogP) is -6.05. The second-order valence-corrected chi connectivity index (χ2v) is 27.0. The summed E-state index contributed by atoms with van der Waals surface area (Å²) >= 11 is 0. The number of rotatable bonds is 26. The fraction of sp³-hybridized carbons (Fsp3) is 0.508. The number of H-pyrrole nitrogens is 1. The summed E-state index contributed by atoms with van der Waals surface area (Å²) in [4.78, 5) is 175. The van der Waals surface area contributed by atoms with Gasteiger partial charge in [-0.2, -0.15) is 0 Å². The van der Waals surface area contributed by atoms with Gasteiger partial charge in [-0.3, -0.25) is 62.8 Å². The fourth-order valence-electron chi connectivity index (χ4n) is 11.1. The van der Waals surface area contributed by atoms with Crippen LogP contribution in [0.1, 0.15) is 49.8 Å². The number of hydrogen-bond donors (Lipinski definition) is 15. The van der Waals surface area contributed by atoms with Crippen LogP contribution in [0, 0.1) is 0 Å². The molecule has 2 saturated heterocycles. The molecule has 101 heavy (non-hydrogen) atoms. The van der Waals surface area contributed by atoms with Crippen molar-refractivity contribution in [2.75, 3.05) is 96.6 Å². The monoisotopic (exact) mass is 1500 g/mol. The second kappa shape index (κ2) is 42.1. The number of fused-ring (bicyclic) bond motifs is 1. The topological polar surface area (TPSA) is 503 Å². The van der Waals surface area contributed by atoms with E-state index in [1.165, 1.54) is 39.0 Å². The number of nitrogens with one attached hydrogen (secondary N) is 9. The Hall–Kier alpha value is -8.42. The van der Waals surface area contributed by atoms with Crippen LogP contribution < -0.4 is 58.5 Å². The Labute approximate surface area is 600 Å². The SMILES string of the molecule is CC(O)C(NC(=O)C1CSSCC(NC(=O)C(Cc2ccccc2)NC(=O)CN2CCN(CC(=O)[O-])CCN(CC(=O)[O-])CCN(CC(=O)O)CC2)C(=O)NC(Cc2ccc(O)cc2)C(=O)NC(Cc2c[nH]c3ccccc23)C(=O)NC(CCCCN)C(=O)NC(C(C)O)C(=O)N1)C(=O)O.[Cu+2]. The summed E-state index contributed by atoms with van der Waals surface area (Å²) in [7, 11) is 1.65. The van der Waals surface area contributed by atoms with E-state index in [4.69, 9.17) is 5.73 Å². The maximum Gasteiger partial charge on any atom is 2.00 e. The zero-order valence-corrected chi connectivity index (χ0v) is 58.2. The van der Waals surface area contributed by atoms with Gasteiger partial charge in [-0.25, -0.2) is 4.79 Å². The number of nitrogens with zero attached hydrogens (tertiary/aromatic N) is 4. The Morgan fingerprint density at radius 3 is 1.71 bits per heavy atom. The van der Waals surface area contributed by atoms with Crippen LogP contribution in [-0.4, -0.2) is 278 Å². The molecule has 1 aromatic heterocycles. The summed E-state index contributed by atoms with van der Waals surface area (Å²) in [5.74, 6) is -14.6. The molecule has 2 aliphatic heterocycles. The molecule has 2 fully saturated rings. The van der Waals surface area contributed by atoms with E-state index in [2.05, 4.69) is 47.5 Å². The molecule has 2 aliphatic rings. The molecule has 0 aliphatic carbocycles. The van der Waals surface area contributed by atoms with E-state index in [0.29, 0.717) is 34.0 Å². The number of aliphatic hydroxyl groups excluding tert-OH is 2. The van der Waals surface area contributed by atoms with Crippen molar-refractivity contribution < 1.29 is 110 Å². The number of benzene rings is 3. The van der Waals surface area contributed by atoms with Gasteiger partial charge in [-0.05, 0) is 74.5 Å². The molecule has 0 bridgehead atoms. The van der Waals surface area contributed by atoms with E-state index in [9.17, 15) is 78.9 Å². The Kier molecular flexibility index (Phi) is 34.7.